The molecule has 30 heavy (non-hydrogen) atoms. The van der Waals surface area contributed by atoms with Crippen LogP contribution in [0, 0.1) is 5.21 Å². The van der Waals surface area contributed by atoms with Crippen LogP contribution in [0.25, 0.3) is 0 Å². The number of nitrogens with zero attached hydrogens (tertiary/aromatic N) is 4. The lowest BCUT2D eigenvalue weighted by molar-refractivity contribution is -0.991. The van der Waals surface area contributed by atoms with Crippen molar-refractivity contribution in [2.75, 3.05) is 24.0 Å². The summed E-state index contributed by atoms with van der Waals surface area (Å²) >= 11 is 0. The van der Waals surface area contributed by atoms with Crippen LogP contribution in [0.4, 0.5) is 17.1 Å². The van der Waals surface area contributed by atoms with Crippen molar-refractivity contribution < 1.29 is 24.8 Å². The number of nitrogens with one attached hydrogen (secondary N) is 2. The predicted molar refractivity (Wildman–Crippen MR) is 107 cm³/mol. The summed E-state index contributed by atoms with van der Waals surface area (Å²) in [6.45, 7) is 1.83. The summed E-state index contributed by atoms with van der Waals surface area (Å²) in [6, 6.07) is 13.1. The third-order valence-corrected chi connectivity index (χ3v) is 4.78. The molecule has 4 rings (SSSR count). The Morgan fingerprint density at radius 1 is 1.27 bits per heavy atom. The zero-order valence-electron chi connectivity index (χ0n) is 16.3. The number of hydrogen-bond acceptors (Lipinski definition) is 9. The number of hydrazone groups is 1. The molecule has 0 bridgehead atoms. The molecule has 2 aliphatic heterocycles. The molecule has 2 heterocycles. The van der Waals surface area contributed by atoms with Gasteiger partial charge in [-0.3, -0.25) is 4.79 Å². The Bertz CT molecular complexity index is 1010. The predicted octanol–water partition coefficient (Wildman–Crippen LogP) is 0.485. The number of rotatable bonds is 4. The van der Waals surface area contributed by atoms with Gasteiger partial charge in [0.2, 0.25) is 6.29 Å². The van der Waals surface area contributed by atoms with Gasteiger partial charge in [0, 0.05) is 19.2 Å². The number of benzene rings is 2. The normalized spacial score (nSPS) is 18.8. The number of amides is 1. The first-order valence-electron chi connectivity index (χ1n) is 9.23. The van der Waals surface area contributed by atoms with Crippen LogP contribution < -0.4 is 15.6 Å². The van der Waals surface area contributed by atoms with E-state index in [9.17, 15) is 14.8 Å². The van der Waals surface area contributed by atoms with Gasteiger partial charge < -0.3 is 15.3 Å². The second kappa shape index (κ2) is 7.63. The smallest absolute Gasteiger partial charge is 0.377 e. The molecular formula is C19H20N6O5. The highest BCUT2D eigenvalue weighted by Gasteiger charge is 2.45. The summed E-state index contributed by atoms with van der Waals surface area (Å²) in [5.74, 6) is -1.07. The zero-order chi connectivity index (χ0) is 21.4. The lowest BCUT2D eigenvalue weighted by Crippen LogP contribution is -2.99. The number of carbonyl (C=O) groups is 2. The largest absolute Gasteiger partial charge is 0.595 e. The van der Waals surface area contributed by atoms with E-state index in [2.05, 4.69) is 10.4 Å². The summed E-state index contributed by atoms with van der Waals surface area (Å²) in [5, 5.41) is 31.1. The van der Waals surface area contributed by atoms with E-state index in [0.717, 1.165) is 0 Å². The van der Waals surface area contributed by atoms with Crippen LogP contribution in [0.5, 0.6) is 0 Å². The maximum atomic E-state index is 13.0. The van der Waals surface area contributed by atoms with Gasteiger partial charge in [-0.1, -0.05) is 12.1 Å². The second-order valence-electron chi connectivity index (χ2n) is 6.58. The van der Waals surface area contributed by atoms with Gasteiger partial charge in [0.15, 0.2) is 5.69 Å². The van der Waals surface area contributed by atoms with Gasteiger partial charge in [-0.05, 0) is 31.2 Å². The number of ether oxygens (including phenoxy) is 1. The van der Waals surface area contributed by atoms with Crippen LogP contribution in [0.3, 0.4) is 0 Å². The SMILES string of the molecule is CCOC(=O)C1=NN(c2ccc([NH+]([O-])O)cc2)C2Nc3ccccc3C(=O)N(C)N12. The van der Waals surface area contributed by atoms with Gasteiger partial charge in [0.05, 0.1) is 23.5 Å². The Hall–Kier alpha value is -3.67. The van der Waals surface area contributed by atoms with Gasteiger partial charge in [-0.2, -0.15) is 5.23 Å². The number of hydrogen-bond donors (Lipinski definition) is 3. The summed E-state index contributed by atoms with van der Waals surface area (Å²) < 4.78 is 5.13. The molecule has 0 aliphatic carbocycles. The van der Waals surface area contributed by atoms with Gasteiger partial charge in [0.25, 0.3) is 11.7 Å². The highest BCUT2D eigenvalue weighted by atomic mass is 16.8. The van der Waals surface area contributed by atoms with Crippen LogP contribution in [0.1, 0.15) is 17.3 Å². The van der Waals surface area contributed by atoms with Gasteiger partial charge in [-0.25, -0.2) is 25.0 Å². The molecular weight excluding hydrogens is 392 g/mol. The Morgan fingerprint density at radius 3 is 2.63 bits per heavy atom. The maximum absolute atomic E-state index is 13.0. The fourth-order valence-electron chi connectivity index (χ4n) is 3.34. The monoisotopic (exact) mass is 412 g/mol. The molecule has 0 fully saturated rings. The minimum absolute atomic E-state index is 0.0692. The van der Waals surface area contributed by atoms with Crippen LogP contribution >= 0.6 is 0 Å². The van der Waals surface area contributed by atoms with Gasteiger partial charge in [-0.15, -0.1) is 5.10 Å². The summed E-state index contributed by atoms with van der Waals surface area (Å²) in [4.78, 5) is 25.6. The van der Waals surface area contributed by atoms with Crippen molar-refractivity contribution in [1.29, 1.82) is 0 Å². The Kier molecular flexibility index (Phi) is 4.99. The fraction of sp³-hybridized carbons (Fsp3) is 0.211. The van der Waals surface area contributed by atoms with E-state index in [0.29, 0.717) is 16.9 Å². The quantitative estimate of drug-likeness (QED) is 0.489. The van der Waals surface area contributed by atoms with Crippen molar-refractivity contribution in [3.63, 3.8) is 0 Å². The van der Waals surface area contributed by atoms with Crippen molar-refractivity contribution in [2.24, 2.45) is 5.10 Å². The first-order valence-corrected chi connectivity index (χ1v) is 9.23. The third-order valence-electron chi connectivity index (χ3n) is 4.78. The first kappa shape index (κ1) is 19.6. The number of para-hydroxylation sites is 1. The van der Waals surface area contributed by atoms with Crippen molar-refractivity contribution in [3.05, 3.63) is 59.3 Å². The molecule has 0 spiro atoms. The molecule has 2 aliphatic rings. The molecule has 156 valence electrons. The number of hydrazine groups is 1. The summed E-state index contributed by atoms with van der Waals surface area (Å²) in [5.41, 5.74) is 1.67. The van der Waals surface area contributed by atoms with E-state index in [-0.39, 0.29) is 24.0 Å². The molecule has 0 aromatic heterocycles. The van der Waals surface area contributed by atoms with E-state index in [1.807, 2.05) is 0 Å². The molecule has 0 radical (unpaired) electrons. The number of anilines is 2. The van der Waals surface area contributed by atoms with Gasteiger partial charge in [0.1, 0.15) is 0 Å². The number of amidine groups is 1. The number of quaternary nitrogens is 1. The van der Waals surface area contributed by atoms with Crippen LogP contribution in [0.15, 0.2) is 53.6 Å². The van der Waals surface area contributed by atoms with Crippen molar-refractivity contribution >= 4 is 34.8 Å². The minimum atomic E-state index is -1.05. The standard InChI is InChI=1S/C19H20N6O5/c1-3-30-18(27)16-21-23(12-8-10-13(11-9-12)25(28)29)19-20-15-7-5-4-6-14(15)17(26)22(2)24(16)19/h4-11,19-20,25,28H,3H2,1-2H3. The van der Waals surface area contributed by atoms with Crippen LogP contribution in [-0.4, -0.2) is 52.9 Å². The van der Waals surface area contributed by atoms with E-state index >= 15 is 0 Å². The molecule has 1 amide bonds. The lowest BCUT2D eigenvalue weighted by Gasteiger charge is -2.34. The molecule has 2 aromatic rings. The third kappa shape index (κ3) is 3.20. The molecule has 11 heteroatoms. The first-order chi connectivity index (χ1) is 14.4. The zero-order valence-corrected chi connectivity index (χ0v) is 16.3. The molecule has 2 aromatic carbocycles. The van der Waals surface area contributed by atoms with E-state index in [1.165, 1.54) is 27.2 Å². The van der Waals surface area contributed by atoms with Crippen molar-refractivity contribution in [1.82, 2.24) is 10.0 Å². The van der Waals surface area contributed by atoms with Crippen LogP contribution in [0.2, 0.25) is 0 Å². The molecule has 2 atom stereocenters. The number of fused-ring (bicyclic) bond motifs is 2. The number of carbonyl (C=O) groups excluding carboxylic acids is 2. The Morgan fingerprint density at radius 2 is 1.97 bits per heavy atom. The van der Waals surface area contributed by atoms with Crippen molar-refractivity contribution in [2.45, 2.75) is 13.2 Å². The summed E-state index contributed by atoms with van der Waals surface area (Å²) in [7, 11) is 1.55. The molecule has 11 nitrogen and oxygen atoms in total. The highest BCUT2D eigenvalue weighted by Crippen LogP contribution is 2.32. The molecule has 0 saturated carbocycles. The average molecular weight is 412 g/mol. The Balaban J connectivity index is 1.80. The van der Waals surface area contributed by atoms with Crippen molar-refractivity contribution in [3.8, 4) is 0 Å². The second-order valence-corrected chi connectivity index (χ2v) is 6.58. The highest BCUT2D eigenvalue weighted by molar-refractivity contribution is 6.36. The van der Waals surface area contributed by atoms with Gasteiger partial charge >= 0.3 is 5.97 Å². The minimum Gasteiger partial charge on any atom is -0.595 e. The molecule has 0 saturated heterocycles. The maximum Gasteiger partial charge on any atom is 0.377 e. The fourth-order valence-corrected chi connectivity index (χ4v) is 3.34. The number of esters is 1. The molecule has 2 unspecified atom stereocenters. The summed E-state index contributed by atoms with van der Waals surface area (Å²) in [6.07, 6.45) is -0.752. The lowest BCUT2D eigenvalue weighted by atomic mass is 10.1. The van der Waals surface area contributed by atoms with E-state index < -0.39 is 17.5 Å². The average Bonchev–Trinajstić information content (AvgIpc) is 3.07. The van der Waals surface area contributed by atoms with Crippen LogP contribution in [-0.2, 0) is 9.53 Å². The van der Waals surface area contributed by atoms with E-state index in [4.69, 9.17) is 9.94 Å². The van der Waals surface area contributed by atoms with E-state index in [1.54, 1.807) is 50.4 Å². The molecule has 3 N–H and O–H groups in total. The topological polar surface area (TPSA) is 125 Å². The Labute approximate surface area is 171 Å².